The highest BCUT2D eigenvalue weighted by molar-refractivity contribution is 5.20. The molecule has 1 saturated heterocycles. The van der Waals surface area contributed by atoms with Crippen LogP contribution in [-0.4, -0.2) is 6.54 Å². The largest absolute Gasteiger partial charge is 0.310 e. The number of halogens is 1. The topological polar surface area (TPSA) is 12.0 Å². The van der Waals surface area contributed by atoms with Crippen molar-refractivity contribution < 1.29 is 4.39 Å². The van der Waals surface area contributed by atoms with Crippen LogP contribution in [0.3, 0.4) is 0 Å². The molecule has 0 aliphatic carbocycles. The average molecular weight is 165 g/mol. The van der Waals surface area contributed by atoms with Crippen molar-refractivity contribution in [3.63, 3.8) is 0 Å². The van der Waals surface area contributed by atoms with Gasteiger partial charge in [0.25, 0.3) is 0 Å². The predicted octanol–water partition coefficient (Wildman–Crippen LogP) is 2.25. The lowest BCUT2D eigenvalue weighted by atomic mass is 10.1. The fourth-order valence-corrected chi connectivity index (χ4v) is 1.69. The van der Waals surface area contributed by atoms with Crippen LogP contribution in [0.25, 0.3) is 0 Å². The maximum atomic E-state index is 12.8. The molecule has 1 nitrogen and oxygen atoms in total. The van der Waals surface area contributed by atoms with Gasteiger partial charge < -0.3 is 5.32 Å². The number of rotatable bonds is 1. The Hall–Kier alpha value is -0.890. The zero-order valence-electron chi connectivity index (χ0n) is 6.89. The molecule has 1 aromatic carbocycles. The van der Waals surface area contributed by atoms with Crippen molar-refractivity contribution in [2.75, 3.05) is 6.54 Å². The van der Waals surface area contributed by atoms with Gasteiger partial charge in [0.1, 0.15) is 5.82 Å². The Morgan fingerprint density at radius 1 is 1.42 bits per heavy atom. The van der Waals surface area contributed by atoms with Gasteiger partial charge in [0.2, 0.25) is 0 Å². The van der Waals surface area contributed by atoms with E-state index < -0.39 is 0 Å². The van der Waals surface area contributed by atoms with Crippen LogP contribution in [0.5, 0.6) is 0 Å². The van der Waals surface area contributed by atoms with Crippen LogP contribution in [0.2, 0.25) is 0 Å². The van der Waals surface area contributed by atoms with Gasteiger partial charge in [-0.05, 0) is 37.1 Å². The van der Waals surface area contributed by atoms with Gasteiger partial charge in [0.15, 0.2) is 0 Å². The molecule has 0 spiro atoms. The molecule has 0 saturated carbocycles. The summed E-state index contributed by atoms with van der Waals surface area (Å²) in [4.78, 5) is 0. The third-order valence-electron chi connectivity index (χ3n) is 2.31. The van der Waals surface area contributed by atoms with E-state index in [9.17, 15) is 4.39 Å². The van der Waals surface area contributed by atoms with E-state index in [-0.39, 0.29) is 5.82 Å². The van der Waals surface area contributed by atoms with Crippen molar-refractivity contribution in [3.05, 3.63) is 35.6 Å². The summed E-state index contributed by atoms with van der Waals surface area (Å²) in [5.74, 6) is -0.138. The first-order valence-electron chi connectivity index (χ1n) is 4.35. The summed E-state index contributed by atoms with van der Waals surface area (Å²) in [5.41, 5.74) is 1.08. The molecule has 1 heterocycles. The van der Waals surface area contributed by atoms with Gasteiger partial charge in [0, 0.05) is 6.04 Å². The summed E-state index contributed by atoms with van der Waals surface area (Å²) >= 11 is 0. The third kappa shape index (κ3) is 1.48. The van der Waals surface area contributed by atoms with Crippen molar-refractivity contribution in [1.82, 2.24) is 5.32 Å². The molecular formula is C10H12FN. The Morgan fingerprint density at radius 3 is 3.00 bits per heavy atom. The van der Waals surface area contributed by atoms with Crippen LogP contribution < -0.4 is 5.32 Å². The monoisotopic (exact) mass is 165 g/mol. The minimum absolute atomic E-state index is 0.138. The lowest BCUT2D eigenvalue weighted by molar-refractivity contribution is 0.606. The van der Waals surface area contributed by atoms with Crippen molar-refractivity contribution in [2.24, 2.45) is 0 Å². The van der Waals surface area contributed by atoms with Crippen molar-refractivity contribution in [2.45, 2.75) is 18.9 Å². The number of hydrogen-bond acceptors (Lipinski definition) is 1. The molecular weight excluding hydrogens is 153 g/mol. The molecule has 1 aromatic rings. The van der Waals surface area contributed by atoms with E-state index >= 15 is 0 Å². The Kier molecular flexibility index (Phi) is 2.09. The van der Waals surface area contributed by atoms with Crippen molar-refractivity contribution >= 4 is 0 Å². The van der Waals surface area contributed by atoms with Gasteiger partial charge in [-0.1, -0.05) is 12.1 Å². The van der Waals surface area contributed by atoms with Gasteiger partial charge >= 0.3 is 0 Å². The maximum absolute atomic E-state index is 12.8. The first-order valence-corrected chi connectivity index (χ1v) is 4.35. The van der Waals surface area contributed by atoms with E-state index in [2.05, 4.69) is 5.32 Å². The normalized spacial score (nSPS) is 22.9. The minimum Gasteiger partial charge on any atom is -0.310 e. The number of hydrogen-bond donors (Lipinski definition) is 1. The van der Waals surface area contributed by atoms with Crippen LogP contribution >= 0.6 is 0 Å². The van der Waals surface area contributed by atoms with Crippen molar-refractivity contribution in [1.29, 1.82) is 0 Å². The number of nitrogens with one attached hydrogen (secondary N) is 1. The highest BCUT2D eigenvalue weighted by Gasteiger charge is 2.15. The summed E-state index contributed by atoms with van der Waals surface area (Å²) in [6.45, 7) is 1.06. The second kappa shape index (κ2) is 3.23. The minimum atomic E-state index is -0.138. The quantitative estimate of drug-likeness (QED) is 0.673. The molecule has 1 N–H and O–H groups in total. The molecule has 1 aliphatic heterocycles. The molecule has 0 unspecified atom stereocenters. The lowest BCUT2D eigenvalue weighted by Crippen LogP contribution is -2.12. The molecule has 64 valence electrons. The van der Waals surface area contributed by atoms with Crippen LogP contribution in [0.15, 0.2) is 24.3 Å². The van der Waals surface area contributed by atoms with Crippen molar-refractivity contribution in [3.8, 4) is 0 Å². The SMILES string of the molecule is Fc1cccc([C@@H]2CCCN2)c1. The maximum Gasteiger partial charge on any atom is 0.123 e. The smallest absolute Gasteiger partial charge is 0.123 e. The zero-order valence-corrected chi connectivity index (χ0v) is 6.89. The van der Waals surface area contributed by atoms with E-state index in [1.54, 1.807) is 12.1 Å². The fourth-order valence-electron chi connectivity index (χ4n) is 1.69. The van der Waals surface area contributed by atoms with Gasteiger partial charge in [-0.2, -0.15) is 0 Å². The van der Waals surface area contributed by atoms with Crippen LogP contribution in [-0.2, 0) is 0 Å². The molecule has 2 heteroatoms. The van der Waals surface area contributed by atoms with Crippen LogP contribution in [0.1, 0.15) is 24.4 Å². The fraction of sp³-hybridized carbons (Fsp3) is 0.400. The van der Waals surface area contributed by atoms with E-state index in [1.165, 1.54) is 12.5 Å². The Bertz CT molecular complexity index is 266. The molecule has 1 atom stereocenters. The van der Waals surface area contributed by atoms with Gasteiger partial charge in [-0.3, -0.25) is 0 Å². The van der Waals surface area contributed by atoms with Gasteiger partial charge in [-0.15, -0.1) is 0 Å². The second-order valence-electron chi connectivity index (χ2n) is 3.20. The Balaban J connectivity index is 2.21. The average Bonchev–Trinajstić information content (AvgIpc) is 2.56. The highest BCUT2D eigenvalue weighted by Crippen LogP contribution is 2.22. The summed E-state index contributed by atoms with van der Waals surface area (Å²) in [7, 11) is 0. The third-order valence-corrected chi connectivity index (χ3v) is 2.31. The number of benzene rings is 1. The highest BCUT2D eigenvalue weighted by atomic mass is 19.1. The summed E-state index contributed by atoms with van der Waals surface area (Å²) in [6.07, 6.45) is 2.32. The van der Waals surface area contributed by atoms with E-state index in [0.29, 0.717) is 6.04 Å². The molecule has 1 fully saturated rings. The first kappa shape index (κ1) is 7.74. The van der Waals surface area contributed by atoms with E-state index in [0.717, 1.165) is 18.5 Å². The molecule has 0 radical (unpaired) electrons. The molecule has 0 amide bonds. The molecule has 1 aliphatic rings. The first-order chi connectivity index (χ1) is 5.86. The van der Waals surface area contributed by atoms with Crippen LogP contribution in [0, 0.1) is 5.82 Å². The van der Waals surface area contributed by atoms with Crippen LogP contribution in [0.4, 0.5) is 4.39 Å². The predicted molar refractivity (Wildman–Crippen MR) is 46.4 cm³/mol. The van der Waals surface area contributed by atoms with Gasteiger partial charge in [0.05, 0.1) is 0 Å². The zero-order chi connectivity index (χ0) is 8.39. The van der Waals surface area contributed by atoms with E-state index in [1.807, 2.05) is 6.07 Å². The Labute approximate surface area is 71.6 Å². The summed E-state index contributed by atoms with van der Waals surface area (Å²) < 4.78 is 12.8. The standard InChI is InChI=1S/C10H12FN/c11-9-4-1-3-8(7-9)10-5-2-6-12-10/h1,3-4,7,10,12H,2,5-6H2/t10-/m0/s1. The summed E-state index contributed by atoms with van der Waals surface area (Å²) in [5, 5.41) is 3.33. The molecule has 0 aromatic heterocycles. The van der Waals surface area contributed by atoms with E-state index in [4.69, 9.17) is 0 Å². The Morgan fingerprint density at radius 2 is 2.33 bits per heavy atom. The molecule has 0 bridgehead atoms. The lowest BCUT2D eigenvalue weighted by Gasteiger charge is -2.09. The second-order valence-corrected chi connectivity index (χ2v) is 3.20. The van der Waals surface area contributed by atoms with Gasteiger partial charge in [-0.25, -0.2) is 4.39 Å². The summed E-state index contributed by atoms with van der Waals surface area (Å²) in [6, 6.07) is 7.22. The molecule has 12 heavy (non-hydrogen) atoms. The molecule has 2 rings (SSSR count).